The molecule has 4 aromatic carbocycles. The number of hydrogen-bond acceptors (Lipinski definition) is 12. The van der Waals surface area contributed by atoms with E-state index in [0.717, 1.165) is 125 Å². The molecule has 17 heteroatoms. The molecule has 15 nitrogen and oxygen atoms in total. The number of halogens is 1. The Hall–Kier alpha value is -6.44. The first-order chi connectivity index (χ1) is 36.2. The van der Waals surface area contributed by atoms with Crippen LogP contribution in [0.3, 0.4) is 0 Å². The van der Waals surface area contributed by atoms with E-state index in [4.69, 9.17) is 14.8 Å². The van der Waals surface area contributed by atoms with E-state index in [1.807, 2.05) is 85.4 Å². The number of ether oxygens (including phenoxy) is 1. The lowest BCUT2D eigenvalue weighted by molar-refractivity contribution is -0.134. The van der Waals surface area contributed by atoms with Gasteiger partial charge in [0.05, 0.1) is 33.4 Å². The molecule has 1 aliphatic carbocycles. The van der Waals surface area contributed by atoms with Gasteiger partial charge in [0.2, 0.25) is 11.8 Å². The van der Waals surface area contributed by atoms with Gasteiger partial charge in [0.25, 0.3) is 5.91 Å². The van der Waals surface area contributed by atoms with Crippen LogP contribution >= 0.6 is 33.9 Å². The lowest BCUT2D eigenvalue weighted by Crippen LogP contribution is -2.50. The molecule has 3 amide bonds. The van der Waals surface area contributed by atoms with E-state index in [-0.39, 0.29) is 32.9 Å². The molecule has 3 aliphatic heterocycles. The van der Waals surface area contributed by atoms with Crippen LogP contribution in [0, 0.1) is 12.8 Å². The highest BCUT2D eigenvalue weighted by Gasteiger charge is 2.34. The first kappa shape index (κ1) is 50.7. The Morgan fingerprint density at radius 3 is 2.47 bits per heavy atom. The summed E-state index contributed by atoms with van der Waals surface area (Å²) in [5.41, 5.74) is 8.50. The molecule has 3 fully saturated rings. The average Bonchev–Trinajstić information content (AvgIpc) is 3.98. The summed E-state index contributed by atoms with van der Waals surface area (Å²) in [5, 5.41) is 22.3. The molecule has 7 aromatic rings. The van der Waals surface area contributed by atoms with Gasteiger partial charge in [0.1, 0.15) is 11.6 Å². The van der Waals surface area contributed by atoms with Crippen molar-refractivity contribution in [2.24, 2.45) is 13.0 Å². The fourth-order valence-corrected chi connectivity index (χ4v) is 13.4. The first-order valence-corrected chi connectivity index (χ1v) is 28.1. The van der Waals surface area contributed by atoms with Crippen molar-refractivity contribution in [2.45, 2.75) is 93.6 Å². The summed E-state index contributed by atoms with van der Waals surface area (Å²) >= 11 is 4.13. The number of carbonyl (C=O) groups excluding carboxylic acids is 3. The van der Waals surface area contributed by atoms with E-state index in [1.165, 1.54) is 17.8 Å². The van der Waals surface area contributed by atoms with Crippen molar-refractivity contribution in [1.29, 1.82) is 0 Å². The Morgan fingerprint density at radius 2 is 1.68 bits per heavy atom. The van der Waals surface area contributed by atoms with Crippen LogP contribution in [0.2, 0.25) is 0 Å². The monoisotopic (exact) mass is 1140 g/mol. The third-order valence-electron chi connectivity index (χ3n) is 15.9. The molecular weight excluding hydrogens is 1080 g/mol. The topological polar surface area (TPSA) is 175 Å². The van der Waals surface area contributed by atoms with Crippen molar-refractivity contribution >= 4 is 95.4 Å². The predicted molar refractivity (Wildman–Crippen MR) is 303 cm³/mol. The first-order valence-electron chi connectivity index (χ1n) is 26.2. The molecule has 2 unspecified atom stereocenters. The van der Waals surface area contributed by atoms with Crippen LogP contribution < -0.4 is 25.2 Å². The second-order valence-electron chi connectivity index (χ2n) is 21.0. The largest absolute Gasteiger partial charge is 0.490 e. The average molecular weight is 1140 g/mol. The van der Waals surface area contributed by atoms with Crippen molar-refractivity contribution in [1.82, 2.24) is 30.0 Å². The van der Waals surface area contributed by atoms with E-state index in [0.29, 0.717) is 60.3 Å². The van der Waals surface area contributed by atoms with Crippen LogP contribution in [0.5, 0.6) is 5.75 Å². The summed E-state index contributed by atoms with van der Waals surface area (Å²) in [5.74, 6) is -0.236. The van der Waals surface area contributed by atoms with Crippen LogP contribution in [0.1, 0.15) is 107 Å². The third kappa shape index (κ3) is 10.9. The Labute approximate surface area is 454 Å². The molecule has 2 saturated heterocycles. The van der Waals surface area contributed by atoms with Crippen LogP contribution in [0.25, 0.3) is 32.2 Å². The number of benzene rings is 4. The van der Waals surface area contributed by atoms with Gasteiger partial charge in [-0.2, -0.15) is 5.10 Å². The number of piperidine rings is 1. The quantitative estimate of drug-likeness (QED) is 0.0535. The summed E-state index contributed by atoms with van der Waals surface area (Å²) in [4.78, 5) is 67.5. The molecule has 0 bridgehead atoms. The van der Waals surface area contributed by atoms with Gasteiger partial charge >= 0.3 is 5.97 Å². The van der Waals surface area contributed by atoms with Gasteiger partial charge in [0.15, 0.2) is 10.8 Å². The molecule has 3 aromatic heterocycles. The SMILES string of the molecule is Cc1c(O[C@H]2CC[C@H](CCC(C)(I)CN3CCN(c4ccc5c(C6CCC(=O)NC6=O)nn(C)c5c4)CC3)CC2)cccc1-c1ccc(N2CCc3cccc(C(=O)Nc4nc5ccccc5s4)c3C2)nc1C(=O)O. The van der Waals surface area contributed by atoms with Crippen LogP contribution in [-0.2, 0) is 29.6 Å². The minimum atomic E-state index is -1.10. The molecule has 3 N–H and O–H groups in total. The van der Waals surface area contributed by atoms with Crippen molar-refractivity contribution in [3.63, 3.8) is 0 Å². The number of amides is 3. The maximum atomic E-state index is 13.7. The molecule has 0 radical (unpaired) electrons. The number of pyridine rings is 1. The van der Waals surface area contributed by atoms with Gasteiger partial charge < -0.3 is 19.6 Å². The predicted octanol–water partition coefficient (Wildman–Crippen LogP) is 10.3. The Bertz CT molecular complexity index is 3310. The van der Waals surface area contributed by atoms with Crippen molar-refractivity contribution in [2.75, 3.05) is 54.4 Å². The molecule has 2 atom stereocenters. The number of nitrogens with zero attached hydrogens (tertiary/aromatic N) is 7. The minimum Gasteiger partial charge on any atom is -0.490 e. The zero-order valence-corrected chi connectivity index (χ0v) is 45.6. The number of imide groups is 1. The number of anilines is 3. The van der Waals surface area contributed by atoms with Crippen molar-refractivity contribution in [3.8, 4) is 16.9 Å². The number of para-hydroxylation sites is 1. The number of carboxylic acids is 1. The van der Waals surface area contributed by atoms with Crippen LogP contribution in [-0.4, -0.2) is 102 Å². The van der Waals surface area contributed by atoms with E-state index in [9.17, 15) is 24.3 Å². The highest BCUT2D eigenvalue weighted by Crippen LogP contribution is 2.39. The fraction of sp³-hybridized carbons (Fsp3) is 0.397. The number of fused-ring (bicyclic) bond motifs is 3. The normalized spacial score (nSPS) is 20.2. The molecule has 75 heavy (non-hydrogen) atoms. The highest BCUT2D eigenvalue weighted by atomic mass is 127. The summed E-state index contributed by atoms with van der Waals surface area (Å²) in [6.45, 7) is 10.4. The number of carboxylic acid groups (broad SMARTS) is 1. The molecule has 1 saturated carbocycles. The van der Waals surface area contributed by atoms with E-state index >= 15 is 0 Å². The molecule has 388 valence electrons. The molecule has 6 heterocycles. The number of aromatic carboxylic acids is 1. The summed E-state index contributed by atoms with van der Waals surface area (Å²) < 4.78 is 9.74. The van der Waals surface area contributed by atoms with Crippen molar-refractivity contribution in [3.05, 3.63) is 125 Å². The Morgan fingerprint density at radius 1 is 0.880 bits per heavy atom. The molecule has 4 aliphatic rings. The second-order valence-corrected chi connectivity index (χ2v) is 24.7. The number of piperazine rings is 1. The smallest absolute Gasteiger partial charge is 0.355 e. The van der Waals surface area contributed by atoms with E-state index < -0.39 is 11.9 Å². The number of aryl methyl sites for hydroxylation is 1. The number of carbonyl (C=O) groups is 4. The summed E-state index contributed by atoms with van der Waals surface area (Å²) in [6.07, 6.45) is 8.16. The van der Waals surface area contributed by atoms with Gasteiger partial charge in [-0.1, -0.05) is 70.3 Å². The van der Waals surface area contributed by atoms with Crippen molar-refractivity contribution < 1.29 is 29.0 Å². The number of aromatic nitrogens is 4. The van der Waals surface area contributed by atoms with Gasteiger partial charge in [-0.25, -0.2) is 14.8 Å². The lowest BCUT2D eigenvalue weighted by atomic mass is 9.83. The third-order valence-corrected chi connectivity index (χ3v) is 17.7. The fourth-order valence-electron chi connectivity index (χ4n) is 11.7. The molecule has 0 spiro atoms. The maximum absolute atomic E-state index is 13.7. The minimum absolute atomic E-state index is 0.0194. The van der Waals surface area contributed by atoms with E-state index in [1.54, 1.807) is 0 Å². The number of alkyl halides is 1. The zero-order valence-electron chi connectivity index (χ0n) is 42.6. The Kier molecular flexibility index (Phi) is 14.4. The number of thiazole rings is 1. The second kappa shape index (κ2) is 21.3. The molecule has 11 rings (SSSR count). The standard InChI is InChI=1S/C58H62IN9O6S/c1-35-40(41-20-22-50(61-53(41)56(72)73)68-27-25-37-8-6-10-42(45(37)33-68)54(70)63-57-60-46-11-4-5-13-49(46)75-57)9-7-12-48(35)74-39-17-14-36(15-18-39)24-26-58(2,59)34-66-28-30-67(31-29-66)38-16-19-43-47(32-38)65(3)64-52(43)44-21-23-51(69)62-55(44)71/h4-13,16,19-20,22,32,36,39,44H,14-15,17-18,21,23-31,33-34H2,1-3H3,(H,72,73)(H,60,63,70)(H,62,69,71)/t36-,39-,44?,58?. The lowest BCUT2D eigenvalue weighted by Gasteiger charge is -2.39. The zero-order chi connectivity index (χ0) is 52.0. The van der Waals surface area contributed by atoms with Crippen LogP contribution in [0.15, 0.2) is 91.0 Å². The summed E-state index contributed by atoms with van der Waals surface area (Å²) in [7, 11) is 1.92. The Balaban J connectivity index is 0.665. The number of nitrogens with one attached hydrogen (secondary N) is 2. The van der Waals surface area contributed by atoms with Crippen LogP contribution in [0.4, 0.5) is 16.6 Å². The number of rotatable bonds is 14. The van der Waals surface area contributed by atoms with Gasteiger partial charge in [-0.3, -0.25) is 34.6 Å². The highest BCUT2D eigenvalue weighted by molar-refractivity contribution is 14.1. The van der Waals surface area contributed by atoms with E-state index in [2.05, 4.69) is 84.1 Å². The maximum Gasteiger partial charge on any atom is 0.355 e. The van der Waals surface area contributed by atoms with Gasteiger partial charge in [-0.15, -0.1) is 0 Å². The number of hydrogen-bond donors (Lipinski definition) is 3. The van der Waals surface area contributed by atoms with Gasteiger partial charge in [-0.05, 0) is 148 Å². The van der Waals surface area contributed by atoms with Gasteiger partial charge in [0, 0.05) is 84.9 Å². The summed E-state index contributed by atoms with van der Waals surface area (Å²) in [6, 6.07) is 29.6. The molecular formula is C58H62IN9O6S.